The number of carboxylic acids is 1. The highest BCUT2D eigenvalue weighted by molar-refractivity contribution is 7.99. The summed E-state index contributed by atoms with van der Waals surface area (Å²) in [6, 6.07) is 3.03. The van der Waals surface area contributed by atoms with Gasteiger partial charge in [0.15, 0.2) is 10.8 Å². The molecule has 1 unspecified atom stereocenters. The largest absolute Gasteiger partial charge is 0.481 e. The van der Waals surface area contributed by atoms with Gasteiger partial charge in [0.25, 0.3) is 0 Å². The van der Waals surface area contributed by atoms with E-state index in [1.54, 1.807) is 29.8 Å². The maximum atomic E-state index is 12.1. The molecule has 0 spiro atoms. The van der Waals surface area contributed by atoms with Crippen LogP contribution < -0.4 is 5.32 Å². The van der Waals surface area contributed by atoms with E-state index >= 15 is 0 Å². The maximum absolute atomic E-state index is 12.1. The summed E-state index contributed by atoms with van der Waals surface area (Å²) >= 11 is 1.08. The molecule has 0 radical (unpaired) electrons. The number of carbonyl (C=O) groups is 2. The Morgan fingerprint density at radius 2 is 2.29 bits per heavy atom. The van der Waals surface area contributed by atoms with E-state index in [1.165, 1.54) is 0 Å². The van der Waals surface area contributed by atoms with Crippen LogP contribution in [0.2, 0.25) is 0 Å². The Morgan fingerprint density at radius 3 is 2.95 bits per heavy atom. The van der Waals surface area contributed by atoms with Gasteiger partial charge in [0.05, 0.1) is 5.75 Å². The predicted molar refractivity (Wildman–Crippen MR) is 79.3 cm³/mol. The molecule has 1 amide bonds. The highest BCUT2D eigenvalue weighted by Crippen LogP contribution is 2.26. The molecule has 0 aromatic carbocycles. The first kappa shape index (κ1) is 15.3. The number of hydrogen-bond donors (Lipinski definition) is 2. The van der Waals surface area contributed by atoms with Crippen molar-refractivity contribution >= 4 is 34.8 Å². The number of fused-ring (bicyclic) bond motifs is 1. The van der Waals surface area contributed by atoms with E-state index in [9.17, 15) is 9.59 Å². The van der Waals surface area contributed by atoms with Crippen LogP contribution in [0, 0.1) is 0 Å². The van der Waals surface area contributed by atoms with Crippen molar-refractivity contribution in [3.05, 3.63) is 18.3 Å². The van der Waals surface area contributed by atoms with Crippen LogP contribution in [-0.4, -0.2) is 43.8 Å². The lowest BCUT2D eigenvalue weighted by molar-refractivity contribution is -0.133. The number of aromatic nitrogens is 3. The minimum absolute atomic E-state index is 0.120. The van der Waals surface area contributed by atoms with Crippen molar-refractivity contribution in [1.82, 2.24) is 19.9 Å². The molecule has 2 aromatic heterocycles. The van der Waals surface area contributed by atoms with Gasteiger partial charge >= 0.3 is 5.97 Å². The lowest BCUT2D eigenvalue weighted by atomic mass is 10.3. The molecule has 0 saturated heterocycles. The first-order chi connectivity index (χ1) is 10.0. The van der Waals surface area contributed by atoms with E-state index in [4.69, 9.17) is 5.11 Å². The number of imidazole rings is 1. The van der Waals surface area contributed by atoms with Crippen LogP contribution in [0.1, 0.15) is 19.9 Å². The van der Waals surface area contributed by atoms with Crippen LogP contribution in [-0.2, 0) is 9.59 Å². The standard InChI is InChI=1S/C13H16N4O3S/c1-3-14-12(20)8(2)17-11-9(5-4-6-15-11)16-13(17)21-7-10(18)19/h4-6,8H,3,7H2,1-2H3,(H,14,20)(H,18,19). The van der Waals surface area contributed by atoms with Gasteiger partial charge < -0.3 is 10.4 Å². The summed E-state index contributed by atoms with van der Waals surface area (Å²) in [7, 11) is 0. The number of thioether (sulfide) groups is 1. The van der Waals surface area contributed by atoms with Gasteiger partial charge in [-0.15, -0.1) is 0 Å². The van der Waals surface area contributed by atoms with E-state index < -0.39 is 12.0 Å². The van der Waals surface area contributed by atoms with Crippen molar-refractivity contribution in [1.29, 1.82) is 0 Å². The zero-order valence-corrected chi connectivity index (χ0v) is 12.6. The van der Waals surface area contributed by atoms with Crippen LogP contribution in [0.4, 0.5) is 0 Å². The Balaban J connectivity index is 2.44. The minimum atomic E-state index is -0.933. The molecule has 7 nitrogen and oxygen atoms in total. The van der Waals surface area contributed by atoms with Gasteiger partial charge in [-0.1, -0.05) is 11.8 Å². The van der Waals surface area contributed by atoms with Gasteiger partial charge in [-0.3, -0.25) is 14.2 Å². The molecule has 0 aliphatic carbocycles. The second kappa shape index (κ2) is 6.57. The number of nitrogens with one attached hydrogen (secondary N) is 1. The summed E-state index contributed by atoms with van der Waals surface area (Å²) in [6.45, 7) is 4.11. The Hall–Kier alpha value is -2.09. The molecule has 2 heterocycles. The third-order valence-corrected chi connectivity index (χ3v) is 3.80. The van der Waals surface area contributed by atoms with Gasteiger partial charge in [0.2, 0.25) is 5.91 Å². The van der Waals surface area contributed by atoms with E-state index in [1.807, 2.05) is 6.92 Å². The smallest absolute Gasteiger partial charge is 0.313 e. The zero-order chi connectivity index (χ0) is 15.4. The van der Waals surface area contributed by atoms with Gasteiger partial charge in [-0.25, -0.2) is 9.97 Å². The summed E-state index contributed by atoms with van der Waals surface area (Å²) in [4.78, 5) is 31.4. The minimum Gasteiger partial charge on any atom is -0.481 e. The van der Waals surface area contributed by atoms with Crippen LogP contribution >= 0.6 is 11.8 Å². The first-order valence-corrected chi connectivity index (χ1v) is 7.48. The fourth-order valence-electron chi connectivity index (χ4n) is 1.93. The second-order valence-electron chi connectivity index (χ2n) is 4.36. The molecule has 112 valence electrons. The van der Waals surface area contributed by atoms with Gasteiger partial charge in [0.1, 0.15) is 11.6 Å². The Morgan fingerprint density at radius 1 is 1.52 bits per heavy atom. The number of amides is 1. The lowest BCUT2D eigenvalue weighted by Crippen LogP contribution is -2.31. The third kappa shape index (κ3) is 3.33. The van der Waals surface area contributed by atoms with Crippen molar-refractivity contribution in [3.8, 4) is 0 Å². The van der Waals surface area contributed by atoms with Gasteiger partial charge in [0, 0.05) is 12.7 Å². The van der Waals surface area contributed by atoms with Crippen molar-refractivity contribution in [2.75, 3.05) is 12.3 Å². The molecule has 1 atom stereocenters. The summed E-state index contributed by atoms with van der Waals surface area (Å²) < 4.78 is 1.67. The molecule has 0 aliphatic heterocycles. The zero-order valence-electron chi connectivity index (χ0n) is 11.7. The summed E-state index contributed by atoms with van der Waals surface area (Å²) in [5.74, 6) is -1.21. The summed E-state index contributed by atoms with van der Waals surface area (Å²) in [5, 5.41) is 12.0. The van der Waals surface area contributed by atoms with E-state index in [0.29, 0.717) is 22.9 Å². The number of carbonyl (C=O) groups excluding carboxylic acids is 1. The van der Waals surface area contributed by atoms with Gasteiger partial charge in [-0.2, -0.15) is 0 Å². The number of pyridine rings is 1. The van der Waals surface area contributed by atoms with Crippen LogP contribution in [0.5, 0.6) is 0 Å². The van der Waals surface area contributed by atoms with E-state index in [-0.39, 0.29) is 11.7 Å². The average molecular weight is 308 g/mol. The maximum Gasteiger partial charge on any atom is 0.313 e. The van der Waals surface area contributed by atoms with Crippen LogP contribution in [0.25, 0.3) is 11.2 Å². The van der Waals surface area contributed by atoms with E-state index in [0.717, 1.165) is 11.8 Å². The number of carboxylic acid groups (broad SMARTS) is 1. The molecule has 0 bridgehead atoms. The molecule has 2 aromatic rings. The molecule has 8 heteroatoms. The predicted octanol–water partition coefficient (Wildman–Crippen LogP) is 1.31. The summed E-state index contributed by atoms with van der Waals surface area (Å²) in [6.07, 6.45) is 1.62. The molecule has 0 aliphatic rings. The quantitative estimate of drug-likeness (QED) is 0.781. The number of rotatable bonds is 6. The Labute approximate surface area is 125 Å². The third-order valence-electron chi connectivity index (χ3n) is 2.86. The molecule has 0 saturated carbocycles. The molecule has 0 fully saturated rings. The Bertz CT molecular complexity index is 670. The topological polar surface area (TPSA) is 97.1 Å². The fourth-order valence-corrected chi connectivity index (χ4v) is 2.72. The van der Waals surface area contributed by atoms with Crippen molar-refractivity contribution in [2.24, 2.45) is 0 Å². The molecule has 21 heavy (non-hydrogen) atoms. The number of nitrogens with zero attached hydrogens (tertiary/aromatic N) is 3. The van der Waals surface area contributed by atoms with Crippen molar-refractivity contribution < 1.29 is 14.7 Å². The lowest BCUT2D eigenvalue weighted by Gasteiger charge is -2.15. The SMILES string of the molecule is CCNC(=O)C(C)n1c(SCC(=O)O)nc2cccnc21. The summed E-state index contributed by atoms with van der Waals surface area (Å²) in [5.41, 5.74) is 1.21. The monoisotopic (exact) mass is 308 g/mol. The van der Waals surface area contributed by atoms with Crippen molar-refractivity contribution in [3.63, 3.8) is 0 Å². The normalized spacial score (nSPS) is 12.3. The fraction of sp³-hybridized carbons (Fsp3) is 0.385. The van der Waals surface area contributed by atoms with Crippen LogP contribution in [0.15, 0.2) is 23.5 Å². The van der Waals surface area contributed by atoms with Gasteiger partial charge in [-0.05, 0) is 26.0 Å². The van der Waals surface area contributed by atoms with E-state index in [2.05, 4.69) is 15.3 Å². The molecular weight excluding hydrogens is 292 g/mol. The highest BCUT2D eigenvalue weighted by Gasteiger charge is 2.22. The van der Waals surface area contributed by atoms with Crippen molar-refractivity contribution in [2.45, 2.75) is 25.0 Å². The Kier molecular flexibility index (Phi) is 4.79. The number of aliphatic carboxylic acids is 1. The molecule has 2 rings (SSSR count). The highest BCUT2D eigenvalue weighted by atomic mass is 32.2. The molecular formula is C13H16N4O3S. The molecule has 2 N–H and O–H groups in total. The second-order valence-corrected chi connectivity index (χ2v) is 5.31. The number of likely N-dealkylation sites (N-methyl/N-ethyl adjacent to an activating group) is 1. The first-order valence-electron chi connectivity index (χ1n) is 6.49. The number of hydrogen-bond acceptors (Lipinski definition) is 5. The average Bonchev–Trinajstić information content (AvgIpc) is 2.82. The van der Waals surface area contributed by atoms with Crippen LogP contribution in [0.3, 0.4) is 0 Å².